The Morgan fingerprint density at radius 2 is 1.44 bits per heavy atom. The van der Waals surface area contributed by atoms with E-state index in [1.807, 2.05) is 60.7 Å². The molecule has 0 aromatic heterocycles. The number of carbonyl (C=O) groups excluding carboxylic acids is 3. The van der Waals surface area contributed by atoms with E-state index in [4.69, 9.17) is 14.2 Å². The average Bonchev–Trinajstić information content (AvgIpc) is 3.36. The van der Waals surface area contributed by atoms with Gasteiger partial charge < -0.3 is 14.2 Å². The van der Waals surface area contributed by atoms with Gasteiger partial charge in [-0.25, -0.2) is 14.4 Å². The van der Waals surface area contributed by atoms with E-state index >= 15 is 0 Å². The third-order valence-electron chi connectivity index (χ3n) is 4.52. The van der Waals surface area contributed by atoms with Gasteiger partial charge in [0.15, 0.2) is 6.04 Å². The topological polar surface area (TPSA) is 81.9 Å². The quantitative estimate of drug-likeness (QED) is 0.457. The molecule has 27 heavy (non-hydrogen) atoms. The summed E-state index contributed by atoms with van der Waals surface area (Å²) in [5.74, 6) is -1.28. The molecule has 0 radical (unpaired) electrons. The highest BCUT2D eigenvalue weighted by atomic mass is 16.6. The molecule has 1 amide bonds. The first kappa shape index (κ1) is 17.1. The molecule has 0 saturated carbocycles. The highest BCUT2D eigenvalue weighted by Crippen LogP contribution is 2.40. The molecular formula is C20H17NO6. The van der Waals surface area contributed by atoms with E-state index in [0.29, 0.717) is 0 Å². The number of morpholine rings is 1. The van der Waals surface area contributed by atoms with Crippen LogP contribution in [0, 0.1) is 0 Å². The van der Waals surface area contributed by atoms with E-state index in [0.717, 1.165) is 11.1 Å². The molecule has 138 valence electrons. The van der Waals surface area contributed by atoms with E-state index < -0.39 is 36.2 Å². The molecular weight excluding hydrogens is 350 g/mol. The van der Waals surface area contributed by atoms with Crippen molar-refractivity contribution in [2.24, 2.45) is 0 Å². The molecule has 2 aliphatic heterocycles. The summed E-state index contributed by atoms with van der Waals surface area (Å²) in [6.07, 6.45) is -1.76. The third-order valence-corrected chi connectivity index (χ3v) is 4.52. The van der Waals surface area contributed by atoms with Crippen LogP contribution in [0.15, 0.2) is 60.7 Å². The van der Waals surface area contributed by atoms with Crippen LogP contribution in [-0.4, -0.2) is 41.1 Å². The molecule has 0 bridgehead atoms. The largest absolute Gasteiger partial charge is 0.458 e. The van der Waals surface area contributed by atoms with Crippen LogP contribution in [0.3, 0.4) is 0 Å². The summed E-state index contributed by atoms with van der Waals surface area (Å²) in [6, 6.07) is 16.9. The molecule has 0 spiro atoms. The van der Waals surface area contributed by atoms with E-state index in [2.05, 4.69) is 0 Å². The van der Waals surface area contributed by atoms with E-state index in [-0.39, 0.29) is 13.2 Å². The van der Waals surface area contributed by atoms with Crippen LogP contribution >= 0.6 is 0 Å². The number of hydrogen-bond acceptors (Lipinski definition) is 6. The highest BCUT2D eigenvalue weighted by molar-refractivity contribution is 5.96. The van der Waals surface area contributed by atoms with Gasteiger partial charge in [-0.15, -0.1) is 0 Å². The van der Waals surface area contributed by atoms with Crippen molar-refractivity contribution < 1.29 is 28.6 Å². The minimum atomic E-state index is -1.12. The predicted molar refractivity (Wildman–Crippen MR) is 92.2 cm³/mol. The zero-order chi connectivity index (χ0) is 18.8. The monoisotopic (exact) mass is 367 g/mol. The van der Waals surface area contributed by atoms with Crippen LogP contribution in [-0.2, 0) is 37.0 Å². The number of amides is 1. The summed E-state index contributed by atoms with van der Waals surface area (Å²) in [6.45, 7) is 0.164. The Morgan fingerprint density at radius 3 is 2.04 bits per heavy atom. The fraction of sp³-hybridized carbons (Fsp3) is 0.250. The number of esters is 2. The molecule has 2 heterocycles. The lowest BCUT2D eigenvalue weighted by Gasteiger charge is -2.16. The zero-order valence-electron chi connectivity index (χ0n) is 14.3. The van der Waals surface area contributed by atoms with Crippen molar-refractivity contribution in [1.29, 1.82) is 0 Å². The molecule has 2 aromatic carbocycles. The first-order valence-corrected chi connectivity index (χ1v) is 8.55. The highest BCUT2D eigenvalue weighted by Gasteiger charge is 2.69. The lowest BCUT2D eigenvalue weighted by Crippen LogP contribution is -2.35. The SMILES string of the molecule is O=C(OCc1ccccc1)C1OC(=O)C2C1N2C(=O)OCc1ccccc1. The smallest absolute Gasteiger partial charge is 0.411 e. The van der Waals surface area contributed by atoms with Crippen molar-refractivity contribution in [2.45, 2.75) is 31.4 Å². The molecule has 2 aromatic rings. The fourth-order valence-electron chi connectivity index (χ4n) is 3.11. The summed E-state index contributed by atoms with van der Waals surface area (Å²) < 4.78 is 15.5. The van der Waals surface area contributed by atoms with Crippen LogP contribution in [0.25, 0.3) is 0 Å². The second-order valence-corrected chi connectivity index (χ2v) is 6.33. The molecule has 7 heteroatoms. The number of rotatable bonds is 5. The summed E-state index contributed by atoms with van der Waals surface area (Å²) in [5.41, 5.74) is 1.65. The van der Waals surface area contributed by atoms with Crippen LogP contribution in [0.4, 0.5) is 4.79 Å². The third kappa shape index (κ3) is 3.48. The Hall–Kier alpha value is -3.35. The van der Waals surface area contributed by atoms with Crippen LogP contribution in [0.2, 0.25) is 0 Å². The molecule has 0 aliphatic carbocycles. The Labute approximate surface area is 155 Å². The van der Waals surface area contributed by atoms with Crippen molar-refractivity contribution in [1.82, 2.24) is 4.90 Å². The Morgan fingerprint density at radius 1 is 0.889 bits per heavy atom. The number of nitrogens with zero attached hydrogens (tertiary/aromatic N) is 1. The van der Waals surface area contributed by atoms with Gasteiger partial charge in [-0.1, -0.05) is 60.7 Å². The standard InChI is InChI=1S/C20H17NO6/c22-18-16-15(21(16)20(24)26-12-14-9-5-2-6-10-14)17(27-18)19(23)25-11-13-7-3-1-4-8-13/h1-10,15-17H,11-12H2. The first-order chi connectivity index (χ1) is 13.1. The van der Waals surface area contributed by atoms with Gasteiger partial charge in [0.1, 0.15) is 19.3 Å². The lowest BCUT2D eigenvalue weighted by atomic mass is 10.2. The summed E-state index contributed by atoms with van der Waals surface area (Å²) in [7, 11) is 0. The van der Waals surface area contributed by atoms with Gasteiger partial charge in [-0.05, 0) is 11.1 Å². The van der Waals surface area contributed by atoms with Gasteiger partial charge in [0, 0.05) is 0 Å². The fourth-order valence-corrected chi connectivity index (χ4v) is 3.11. The van der Waals surface area contributed by atoms with Crippen molar-refractivity contribution in [2.75, 3.05) is 0 Å². The lowest BCUT2D eigenvalue weighted by molar-refractivity contribution is -0.166. The number of hydrogen-bond donors (Lipinski definition) is 0. The molecule has 4 rings (SSSR count). The second kappa shape index (κ2) is 7.11. The molecule has 2 saturated heterocycles. The summed E-state index contributed by atoms with van der Waals surface area (Å²) in [5, 5.41) is 0. The van der Waals surface area contributed by atoms with Crippen LogP contribution < -0.4 is 0 Å². The number of fused-ring (bicyclic) bond motifs is 1. The summed E-state index contributed by atoms with van der Waals surface area (Å²) in [4.78, 5) is 37.6. The Kier molecular flexibility index (Phi) is 4.50. The van der Waals surface area contributed by atoms with Gasteiger partial charge in [-0.2, -0.15) is 0 Å². The van der Waals surface area contributed by atoms with E-state index in [1.54, 1.807) is 0 Å². The van der Waals surface area contributed by atoms with Crippen molar-refractivity contribution in [3.63, 3.8) is 0 Å². The number of ether oxygens (including phenoxy) is 3. The number of carbonyl (C=O) groups is 3. The van der Waals surface area contributed by atoms with Crippen molar-refractivity contribution in [3.8, 4) is 0 Å². The second-order valence-electron chi connectivity index (χ2n) is 6.33. The van der Waals surface area contributed by atoms with Crippen molar-refractivity contribution in [3.05, 3.63) is 71.8 Å². The first-order valence-electron chi connectivity index (χ1n) is 8.55. The summed E-state index contributed by atoms with van der Waals surface area (Å²) >= 11 is 0. The van der Waals surface area contributed by atoms with E-state index in [1.165, 1.54) is 4.90 Å². The van der Waals surface area contributed by atoms with Crippen molar-refractivity contribution >= 4 is 18.0 Å². The van der Waals surface area contributed by atoms with Crippen LogP contribution in [0.5, 0.6) is 0 Å². The molecule has 2 fully saturated rings. The van der Waals surface area contributed by atoms with Gasteiger partial charge in [0.2, 0.25) is 6.10 Å². The normalized spacial score (nSPS) is 22.6. The van der Waals surface area contributed by atoms with Crippen LogP contribution in [0.1, 0.15) is 11.1 Å². The Balaban J connectivity index is 1.33. The molecule has 3 unspecified atom stereocenters. The zero-order valence-corrected chi connectivity index (χ0v) is 14.3. The number of cyclic esters (lactones) is 1. The maximum absolute atomic E-state index is 12.3. The van der Waals surface area contributed by atoms with Gasteiger partial charge in [-0.3, -0.25) is 4.90 Å². The minimum absolute atomic E-state index is 0.0730. The van der Waals surface area contributed by atoms with Gasteiger partial charge >= 0.3 is 18.0 Å². The Bertz CT molecular complexity index is 853. The number of benzene rings is 2. The van der Waals surface area contributed by atoms with Gasteiger partial charge in [0.25, 0.3) is 0 Å². The maximum atomic E-state index is 12.3. The molecule has 0 N–H and O–H groups in total. The predicted octanol–water partition coefficient (Wildman–Crippen LogP) is 2.04. The molecule has 7 nitrogen and oxygen atoms in total. The molecule has 3 atom stereocenters. The maximum Gasteiger partial charge on any atom is 0.411 e. The minimum Gasteiger partial charge on any atom is -0.458 e. The van der Waals surface area contributed by atoms with E-state index in [9.17, 15) is 14.4 Å². The van der Waals surface area contributed by atoms with Gasteiger partial charge in [0.05, 0.1) is 0 Å². The molecule has 2 aliphatic rings. The average molecular weight is 367 g/mol.